The fourth-order valence-corrected chi connectivity index (χ4v) is 4.89. The van der Waals surface area contributed by atoms with Crippen molar-refractivity contribution in [3.05, 3.63) is 53.4 Å². The third-order valence-electron chi connectivity index (χ3n) is 5.25. The molecule has 0 radical (unpaired) electrons. The Bertz CT molecular complexity index is 1550. The van der Waals surface area contributed by atoms with E-state index in [-0.39, 0.29) is 45.6 Å². The molecule has 4 aromatic rings. The molecule has 13 heteroatoms. The van der Waals surface area contributed by atoms with Gasteiger partial charge in [-0.2, -0.15) is 0 Å². The number of ether oxygens (including phenoxy) is 1. The van der Waals surface area contributed by atoms with Crippen LogP contribution in [0.2, 0.25) is 5.02 Å². The second kappa shape index (κ2) is 10.1. The van der Waals surface area contributed by atoms with Gasteiger partial charge in [0.2, 0.25) is 10.0 Å². The smallest absolute Gasteiger partial charge is 0.232 e. The minimum Gasteiger partial charge on any atom is -0.494 e. The lowest BCUT2D eigenvalue weighted by Crippen LogP contribution is -2.18. The maximum Gasteiger partial charge on any atom is 0.232 e. The summed E-state index contributed by atoms with van der Waals surface area (Å²) in [6.45, 7) is -0.813. The number of hydrogen-bond donors (Lipinski definition) is 3. The van der Waals surface area contributed by atoms with Crippen molar-refractivity contribution >= 4 is 49.9 Å². The number of halogens is 3. The summed E-state index contributed by atoms with van der Waals surface area (Å²) in [6, 6.07) is 8.87. The highest BCUT2D eigenvalue weighted by atomic mass is 35.5. The van der Waals surface area contributed by atoms with Gasteiger partial charge in [-0.05, 0) is 48.4 Å². The van der Waals surface area contributed by atoms with Crippen LogP contribution in [0.4, 0.5) is 26.1 Å². The van der Waals surface area contributed by atoms with Crippen LogP contribution in [0.25, 0.3) is 33.4 Å². The van der Waals surface area contributed by atoms with E-state index < -0.39 is 28.3 Å². The number of nitrogen functional groups attached to an aromatic ring is 2. The van der Waals surface area contributed by atoms with E-state index in [0.717, 1.165) is 0 Å². The lowest BCUT2D eigenvalue weighted by atomic mass is 10.0. The molecule has 5 N–H and O–H groups in total. The SMILES string of the molecule is COc1cc(-c2c(Cl)ccc(NS(=O)(=O)CCCF)c2F)cc2c(N)nc(-c3ccc(N)nc3)nc12. The van der Waals surface area contributed by atoms with E-state index in [0.29, 0.717) is 22.3 Å². The van der Waals surface area contributed by atoms with Gasteiger partial charge in [0.05, 0.1) is 30.2 Å². The van der Waals surface area contributed by atoms with Crippen LogP contribution < -0.4 is 20.9 Å². The Morgan fingerprint density at radius 2 is 1.89 bits per heavy atom. The number of fused-ring (bicyclic) bond motifs is 1. The minimum atomic E-state index is -3.97. The average molecular weight is 535 g/mol. The quantitative estimate of drug-likeness (QED) is 0.301. The van der Waals surface area contributed by atoms with Gasteiger partial charge in [0.15, 0.2) is 11.6 Å². The number of methoxy groups -OCH3 is 1. The fraction of sp³-hybridized carbons (Fsp3) is 0.174. The Kier molecular flexibility index (Phi) is 7.09. The molecule has 0 aliphatic carbocycles. The van der Waals surface area contributed by atoms with Crippen molar-refractivity contribution in [2.24, 2.45) is 0 Å². The molecule has 0 amide bonds. The number of hydrogen-bond acceptors (Lipinski definition) is 8. The van der Waals surface area contributed by atoms with Crippen LogP contribution in [0.1, 0.15) is 6.42 Å². The van der Waals surface area contributed by atoms with Gasteiger partial charge in [-0.3, -0.25) is 9.11 Å². The number of sulfonamides is 1. The molecular weight excluding hydrogens is 514 g/mol. The van der Waals surface area contributed by atoms with Gasteiger partial charge in [0.1, 0.15) is 22.9 Å². The monoisotopic (exact) mass is 534 g/mol. The largest absolute Gasteiger partial charge is 0.494 e. The van der Waals surface area contributed by atoms with E-state index >= 15 is 4.39 Å². The molecule has 0 saturated heterocycles. The summed E-state index contributed by atoms with van der Waals surface area (Å²) >= 11 is 6.31. The maximum absolute atomic E-state index is 15.5. The molecule has 0 aliphatic heterocycles. The van der Waals surface area contributed by atoms with Gasteiger partial charge >= 0.3 is 0 Å². The number of anilines is 3. The van der Waals surface area contributed by atoms with E-state index in [1.807, 2.05) is 0 Å². The van der Waals surface area contributed by atoms with E-state index in [9.17, 15) is 12.8 Å². The summed E-state index contributed by atoms with van der Waals surface area (Å²) < 4.78 is 60.0. The van der Waals surface area contributed by atoms with E-state index in [1.54, 1.807) is 12.1 Å². The van der Waals surface area contributed by atoms with Crippen LogP contribution >= 0.6 is 11.6 Å². The third-order valence-corrected chi connectivity index (χ3v) is 6.92. The topological polar surface area (TPSA) is 146 Å². The Labute approximate surface area is 210 Å². The molecule has 2 heterocycles. The first-order chi connectivity index (χ1) is 17.1. The van der Waals surface area contributed by atoms with E-state index in [4.69, 9.17) is 27.8 Å². The first kappa shape index (κ1) is 25.3. The van der Waals surface area contributed by atoms with Crippen LogP contribution in [-0.4, -0.2) is 42.9 Å². The summed E-state index contributed by atoms with van der Waals surface area (Å²) in [5.41, 5.74) is 12.6. The first-order valence-corrected chi connectivity index (χ1v) is 12.6. The zero-order valence-electron chi connectivity index (χ0n) is 18.9. The molecule has 2 aromatic heterocycles. The molecular formula is C23H21ClF2N6O3S. The first-order valence-electron chi connectivity index (χ1n) is 10.6. The Morgan fingerprint density at radius 3 is 2.56 bits per heavy atom. The highest BCUT2D eigenvalue weighted by Crippen LogP contribution is 2.40. The lowest BCUT2D eigenvalue weighted by molar-refractivity contribution is 0.419. The van der Waals surface area contributed by atoms with E-state index in [2.05, 4.69) is 19.7 Å². The Balaban J connectivity index is 1.85. The predicted octanol–water partition coefficient (Wildman–Crippen LogP) is 4.43. The number of alkyl halides is 1. The van der Waals surface area contributed by atoms with Crippen molar-refractivity contribution in [2.75, 3.05) is 35.7 Å². The average Bonchev–Trinajstić information content (AvgIpc) is 2.85. The Morgan fingerprint density at radius 1 is 1.11 bits per heavy atom. The van der Waals surface area contributed by atoms with Crippen LogP contribution in [0.15, 0.2) is 42.6 Å². The number of nitrogens with two attached hydrogens (primary N) is 2. The molecule has 0 spiro atoms. The van der Waals surface area contributed by atoms with Gasteiger partial charge in [0, 0.05) is 22.7 Å². The van der Waals surface area contributed by atoms with Crippen LogP contribution in [-0.2, 0) is 10.0 Å². The summed E-state index contributed by atoms with van der Waals surface area (Å²) in [5.74, 6) is -0.452. The van der Waals surface area contributed by atoms with Crippen LogP contribution in [0.5, 0.6) is 5.75 Å². The van der Waals surface area contributed by atoms with Crippen molar-refractivity contribution in [2.45, 2.75) is 6.42 Å². The molecule has 0 atom stereocenters. The Hall–Kier alpha value is -3.77. The molecule has 9 nitrogen and oxygen atoms in total. The molecule has 0 aliphatic rings. The maximum atomic E-state index is 15.5. The van der Waals surface area contributed by atoms with Crippen LogP contribution in [0.3, 0.4) is 0 Å². The summed E-state index contributed by atoms with van der Waals surface area (Å²) in [6.07, 6.45) is 1.29. The van der Waals surface area contributed by atoms with Crippen molar-refractivity contribution in [1.82, 2.24) is 15.0 Å². The lowest BCUT2D eigenvalue weighted by Gasteiger charge is -2.15. The minimum absolute atomic E-state index is 0.0182. The zero-order chi connectivity index (χ0) is 26.0. The van der Waals surface area contributed by atoms with Gasteiger partial charge in [-0.1, -0.05) is 11.6 Å². The highest BCUT2D eigenvalue weighted by molar-refractivity contribution is 7.92. The van der Waals surface area contributed by atoms with Crippen molar-refractivity contribution in [3.8, 4) is 28.3 Å². The number of rotatable bonds is 8. The van der Waals surface area contributed by atoms with Gasteiger partial charge < -0.3 is 16.2 Å². The summed E-state index contributed by atoms with van der Waals surface area (Å²) in [5, 5.41) is 0.380. The van der Waals surface area contributed by atoms with Crippen molar-refractivity contribution in [1.29, 1.82) is 0 Å². The number of nitrogens with one attached hydrogen (secondary N) is 1. The van der Waals surface area contributed by atoms with Gasteiger partial charge in [0.25, 0.3) is 0 Å². The molecule has 0 bridgehead atoms. The standard InChI is InChI=1S/C23H21ClF2N6O3S/c1-35-17-10-13(19-15(24)4-5-16(20(19)26)32-36(33,34)8-2-7-25)9-14-21(17)30-23(31-22(14)28)12-3-6-18(27)29-11-12/h3-6,9-11,32H,2,7-8H2,1H3,(H2,27,29)(H2,28,30,31). The van der Waals surface area contributed by atoms with E-state index in [1.165, 1.54) is 37.6 Å². The number of benzene rings is 2. The molecule has 0 fully saturated rings. The summed E-state index contributed by atoms with van der Waals surface area (Å²) in [7, 11) is -2.56. The molecule has 2 aromatic carbocycles. The van der Waals surface area contributed by atoms with Gasteiger partial charge in [-0.15, -0.1) is 0 Å². The zero-order valence-corrected chi connectivity index (χ0v) is 20.5. The summed E-state index contributed by atoms with van der Waals surface area (Å²) in [4.78, 5) is 12.9. The molecule has 36 heavy (non-hydrogen) atoms. The highest BCUT2D eigenvalue weighted by Gasteiger charge is 2.21. The molecule has 4 rings (SSSR count). The number of pyridine rings is 1. The normalized spacial score (nSPS) is 11.6. The van der Waals surface area contributed by atoms with Crippen LogP contribution in [0, 0.1) is 5.82 Å². The second-order valence-electron chi connectivity index (χ2n) is 7.73. The van der Waals surface area contributed by atoms with Gasteiger partial charge in [-0.25, -0.2) is 27.8 Å². The second-order valence-corrected chi connectivity index (χ2v) is 9.98. The molecule has 0 saturated carbocycles. The molecule has 0 unspecified atom stereocenters. The fourth-order valence-electron chi connectivity index (χ4n) is 3.55. The van der Waals surface area contributed by atoms with Crippen molar-refractivity contribution in [3.63, 3.8) is 0 Å². The molecule has 188 valence electrons. The number of aromatic nitrogens is 3. The predicted molar refractivity (Wildman–Crippen MR) is 137 cm³/mol. The van der Waals surface area contributed by atoms with Crippen molar-refractivity contribution < 1.29 is 21.9 Å². The number of nitrogens with zero attached hydrogens (tertiary/aromatic N) is 3. The third kappa shape index (κ3) is 5.09.